The van der Waals surface area contributed by atoms with Gasteiger partial charge in [-0.25, -0.2) is 4.79 Å². The van der Waals surface area contributed by atoms with E-state index in [1.807, 2.05) is 18.2 Å². The highest BCUT2D eigenvalue weighted by atomic mass is 16.2. The van der Waals surface area contributed by atoms with Gasteiger partial charge in [0, 0.05) is 39.1 Å². The van der Waals surface area contributed by atoms with Crippen molar-refractivity contribution in [3.63, 3.8) is 0 Å². The van der Waals surface area contributed by atoms with Crippen molar-refractivity contribution in [1.29, 1.82) is 0 Å². The Morgan fingerprint density at radius 2 is 1.80 bits per heavy atom. The molecule has 3 rings (SSSR count). The van der Waals surface area contributed by atoms with Crippen LogP contribution in [-0.4, -0.2) is 66.4 Å². The number of carbonyl (C=O) groups is 3. The average molecular weight is 344 g/mol. The Labute approximate surface area is 147 Å². The van der Waals surface area contributed by atoms with Gasteiger partial charge in [-0.3, -0.25) is 19.8 Å². The number of urea groups is 1. The molecule has 7 heteroatoms. The van der Waals surface area contributed by atoms with Crippen LogP contribution in [0.1, 0.15) is 18.4 Å². The van der Waals surface area contributed by atoms with E-state index in [0.717, 1.165) is 26.1 Å². The summed E-state index contributed by atoms with van der Waals surface area (Å²) in [6, 6.07) is 9.18. The molecule has 0 radical (unpaired) electrons. The summed E-state index contributed by atoms with van der Waals surface area (Å²) in [5, 5.41) is 4.79. The van der Waals surface area contributed by atoms with E-state index in [1.165, 1.54) is 5.56 Å². The normalized spacial score (nSPS) is 22.1. The minimum Gasteiger partial charge on any atom is -0.338 e. The second kappa shape index (κ2) is 8.11. The molecule has 0 saturated carbocycles. The van der Waals surface area contributed by atoms with Crippen molar-refractivity contribution in [2.75, 3.05) is 32.7 Å². The summed E-state index contributed by atoms with van der Waals surface area (Å²) in [6.45, 7) is 3.94. The number of carbonyl (C=O) groups excluding carboxylic acids is 3. The van der Waals surface area contributed by atoms with Crippen LogP contribution in [0.25, 0.3) is 0 Å². The first-order valence-electron chi connectivity index (χ1n) is 8.77. The van der Waals surface area contributed by atoms with E-state index in [9.17, 15) is 14.4 Å². The topological polar surface area (TPSA) is 81.8 Å². The van der Waals surface area contributed by atoms with Gasteiger partial charge < -0.3 is 10.2 Å². The summed E-state index contributed by atoms with van der Waals surface area (Å²) in [4.78, 5) is 39.7. The molecule has 4 amide bonds. The Morgan fingerprint density at radius 1 is 1.08 bits per heavy atom. The van der Waals surface area contributed by atoms with Crippen LogP contribution >= 0.6 is 0 Å². The number of hydrogen-bond acceptors (Lipinski definition) is 4. The number of benzene rings is 1. The van der Waals surface area contributed by atoms with Crippen LogP contribution in [-0.2, 0) is 16.0 Å². The van der Waals surface area contributed by atoms with Gasteiger partial charge in [-0.15, -0.1) is 0 Å². The number of rotatable bonds is 4. The standard InChI is InChI=1S/C18H24N4O3/c23-16-7-6-15(19-18(25)20-16)17(24)22-12-10-21(11-13-22)9-8-14-4-2-1-3-5-14/h1-5,15H,6-13H2,(H2,19,20,23,25). The van der Waals surface area contributed by atoms with E-state index in [1.54, 1.807) is 4.90 Å². The monoisotopic (exact) mass is 344 g/mol. The molecule has 0 aliphatic carbocycles. The van der Waals surface area contributed by atoms with Crippen molar-refractivity contribution < 1.29 is 14.4 Å². The predicted molar refractivity (Wildman–Crippen MR) is 92.9 cm³/mol. The molecule has 0 aromatic heterocycles. The number of amides is 4. The zero-order valence-corrected chi connectivity index (χ0v) is 14.2. The number of nitrogens with zero attached hydrogens (tertiary/aromatic N) is 2. The first-order valence-corrected chi connectivity index (χ1v) is 8.77. The molecule has 2 aliphatic heterocycles. The minimum absolute atomic E-state index is 0.0902. The van der Waals surface area contributed by atoms with Crippen LogP contribution in [0.5, 0.6) is 0 Å². The predicted octanol–water partition coefficient (Wildman–Crippen LogP) is 0.362. The van der Waals surface area contributed by atoms with E-state index >= 15 is 0 Å². The highest BCUT2D eigenvalue weighted by Crippen LogP contribution is 2.10. The van der Waals surface area contributed by atoms with Crippen molar-refractivity contribution in [2.24, 2.45) is 0 Å². The fourth-order valence-corrected chi connectivity index (χ4v) is 3.26. The van der Waals surface area contributed by atoms with Crippen LogP contribution in [0.4, 0.5) is 4.79 Å². The fourth-order valence-electron chi connectivity index (χ4n) is 3.26. The van der Waals surface area contributed by atoms with Crippen molar-refractivity contribution in [2.45, 2.75) is 25.3 Å². The molecular weight excluding hydrogens is 320 g/mol. The molecule has 1 unspecified atom stereocenters. The molecule has 1 aromatic rings. The summed E-state index contributed by atoms with van der Waals surface area (Å²) in [6.07, 6.45) is 1.54. The number of nitrogens with one attached hydrogen (secondary N) is 2. The van der Waals surface area contributed by atoms with E-state index in [-0.39, 0.29) is 18.2 Å². The van der Waals surface area contributed by atoms with Crippen molar-refractivity contribution >= 4 is 17.8 Å². The minimum atomic E-state index is -0.609. The first kappa shape index (κ1) is 17.4. The molecule has 7 nitrogen and oxygen atoms in total. The molecule has 25 heavy (non-hydrogen) atoms. The van der Waals surface area contributed by atoms with Crippen molar-refractivity contribution in [3.05, 3.63) is 35.9 Å². The first-order chi connectivity index (χ1) is 12.1. The lowest BCUT2D eigenvalue weighted by Gasteiger charge is -2.36. The van der Waals surface area contributed by atoms with Crippen LogP contribution in [0.3, 0.4) is 0 Å². The van der Waals surface area contributed by atoms with Crippen LogP contribution in [0, 0.1) is 0 Å². The molecule has 2 fully saturated rings. The van der Waals surface area contributed by atoms with Gasteiger partial charge in [-0.2, -0.15) is 0 Å². The Bertz CT molecular complexity index is 626. The Kier molecular flexibility index (Phi) is 5.65. The molecule has 1 atom stereocenters. The Balaban J connectivity index is 1.46. The second-order valence-electron chi connectivity index (χ2n) is 6.52. The van der Waals surface area contributed by atoms with Gasteiger partial charge in [0.15, 0.2) is 0 Å². The van der Waals surface area contributed by atoms with Crippen molar-refractivity contribution in [3.8, 4) is 0 Å². The number of hydrogen-bond donors (Lipinski definition) is 2. The summed E-state index contributed by atoms with van der Waals surface area (Å²) in [5.74, 6) is -0.425. The average Bonchev–Trinajstić information content (AvgIpc) is 2.81. The maximum Gasteiger partial charge on any atom is 0.322 e. The number of piperazine rings is 1. The largest absolute Gasteiger partial charge is 0.338 e. The third-order valence-corrected chi connectivity index (χ3v) is 4.76. The number of imide groups is 1. The molecular formula is C18H24N4O3. The maximum atomic E-state index is 12.6. The summed E-state index contributed by atoms with van der Waals surface area (Å²) >= 11 is 0. The van der Waals surface area contributed by atoms with Gasteiger partial charge in [0.2, 0.25) is 11.8 Å². The summed E-state index contributed by atoms with van der Waals surface area (Å²) < 4.78 is 0. The lowest BCUT2D eigenvalue weighted by Crippen LogP contribution is -2.55. The van der Waals surface area contributed by atoms with E-state index in [4.69, 9.17) is 0 Å². The maximum absolute atomic E-state index is 12.6. The van der Waals surface area contributed by atoms with Gasteiger partial charge >= 0.3 is 6.03 Å². The SMILES string of the molecule is O=C1CCC(C(=O)N2CCN(CCc3ccccc3)CC2)NC(=O)N1. The molecule has 2 saturated heterocycles. The molecule has 0 bridgehead atoms. The Morgan fingerprint density at radius 3 is 2.52 bits per heavy atom. The van der Waals surface area contributed by atoms with Gasteiger partial charge in [0.1, 0.15) is 6.04 Å². The molecule has 134 valence electrons. The van der Waals surface area contributed by atoms with Gasteiger partial charge in [0.05, 0.1) is 0 Å². The zero-order valence-electron chi connectivity index (χ0n) is 14.2. The molecule has 2 aliphatic rings. The summed E-state index contributed by atoms with van der Waals surface area (Å²) in [7, 11) is 0. The fraction of sp³-hybridized carbons (Fsp3) is 0.500. The van der Waals surface area contributed by atoms with Gasteiger partial charge in [-0.05, 0) is 18.4 Å². The lowest BCUT2D eigenvalue weighted by atomic mass is 10.1. The third-order valence-electron chi connectivity index (χ3n) is 4.76. The molecule has 2 N–H and O–H groups in total. The van der Waals surface area contributed by atoms with E-state index in [2.05, 4.69) is 27.7 Å². The van der Waals surface area contributed by atoms with Gasteiger partial charge in [0.25, 0.3) is 0 Å². The van der Waals surface area contributed by atoms with Crippen molar-refractivity contribution in [1.82, 2.24) is 20.4 Å². The van der Waals surface area contributed by atoms with E-state index < -0.39 is 12.1 Å². The highest BCUT2D eigenvalue weighted by Gasteiger charge is 2.31. The zero-order chi connectivity index (χ0) is 17.6. The summed E-state index contributed by atoms with van der Waals surface area (Å²) in [5.41, 5.74) is 1.32. The molecule has 0 spiro atoms. The second-order valence-corrected chi connectivity index (χ2v) is 6.52. The van der Waals surface area contributed by atoms with Crippen LogP contribution in [0.15, 0.2) is 30.3 Å². The van der Waals surface area contributed by atoms with Crippen LogP contribution in [0.2, 0.25) is 0 Å². The third kappa shape index (κ3) is 4.79. The van der Waals surface area contributed by atoms with Gasteiger partial charge in [-0.1, -0.05) is 30.3 Å². The smallest absolute Gasteiger partial charge is 0.322 e. The highest BCUT2D eigenvalue weighted by molar-refractivity contribution is 5.98. The molecule has 1 aromatic carbocycles. The van der Waals surface area contributed by atoms with Crippen LogP contribution < -0.4 is 10.6 Å². The Hall–Kier alpha value is -2.41. The lowest BCUT2D eigenvalue weighted by molar-refractivity contribution is -0.135. The quantitative estimate of drug-likeness (QED) is 0.826. The van der Waals surface area contributed by atoms with E-state index in [0.29, 0.717) is 19.5 Å². The molecule has 2 heterocycles.